The average molecular weight is 566 g/mol. The number of hydrogen-bond acceptors (Lipinski definition) is 8. The van der Waals surface area contributed by atoms with E-state index in [1.165, 1.54) is 17.3 Å². The van der Waals surface area contributed by atoms with Crippen LogP contribution in [0.2, 0.25) is 0 Å². The van der Waals surface area contributed by atoms with Crippen LogP contribution < -0.4 is 19.7 Å². The number of aromatic nitrogens is 3. The molecule has 0 bridgehead atoms. The molecule has 0 atom stereocenters. The number of amides is 1. The number of carbonyl (C=O) groups is 1. The molecular weight excluding hydrogens is 532 g/mol. The molecule has 3 heterocycles. The Hall–Kier alpha value is -4.45. The number of rotatable bonds is 8. The molecule has 1 aliphatic heterocycles. The number of piperazine rings is 1. The first kappa shape index (κ1) is 28.1. The lowest BCUT2D eigenvalue weighted by atomic mass is 10.2. The van der Waals surface area contributed by atoms with Gasteiger partial charge in [0, 0.05) is 68.7 Å². The van der Waals surface area contributed by atoms with Crippen LogP contribution in [0.5, 0.6) is 17.4 Å². The summed E-state index contributed by atoms with van der Waals surface area (Å²) in [5, 5.41) is 3.21. The molecule has 2 N–H and O–H groups in total. The number of likely N-dealkylation sites (N-methyl/N-ethyl adjacent to an activating group) is 1. The normalized spacial score (nSPS) is 13.9. The smallest absolute Gasteiger partial charge is 0.262 e. The Morgan fingerprint density at radius 2 is 1.88 bits per heavy atom. The fourth-order valence-electron chi connectivity index (χ4n) is 4.75. The third kappa shape index (κ3) is 5.60. The van der Waals surface area contributed by atoms with Crippen LogP contribution >= 0.6 is 0 Å². The van der Waals surface area contributed by atoms with E-state index in [0.717, 1.165) is 37.9 Å². The van der Waals surface area contributed by atoms with Gasteiger partial charge in [-0.15, -0.1) is 0 Å². The number of fused-ring (bicyclic) bond motifs is 1. The fraction of sp³-hybridized carbons (Fsp3) is 0.345. The quantitative estimate of drug-likeness (QED) is 0.310. The molecule has 12 heteroatoms. The minimum Gasteiger partial charge on any atom is -0.494 e. The highest BCUT2D eigenvalue weighted by atomic mass is 19.1. The van der Waals surface area contributed by atoms with Gasteiger partial charge in [-0.3, -0.25) is 4.79 Å². The highest BCUT2D eigenvalue weighted by molar-refractivity contribution is 6.01. The lowest BCUT2D eigenvalue weighted by Gasteiger charge is -2.34. The Balaban J connectivity index is 1.53. The van der Waals surface area contributed by atoms with Crippen LogP contribution in [0.25, 0.3) is 10.9 Å². The monoisotopic (exact) mass is 565 g/mol. The van der Waals surface area contributed by atoms with E-state index in [9.17, 15) is 9.18 Å². The van der Waals surface area contributed by atoms with Gasteiger partial charge in [-0.05, 0) is 39.1 Å². The molecule has 5 rings (SSSR count). The summed E-state index contributed by atoms with van der Waals surface area (Å²) in [6.07, 6.45) is 1.19. The number of anilines is 3. The lowest BCUT2D eigenvalue weighted by molar-refractivity contribution is 0.0799. The lowest BCUT2D eigenvalue weighted by Crippen LogP contribution is -2.44. The largest absolute Gasteiger partial charge is 0.494 e. The number of ether oxygens (including phenoxy) is 2. The summed E-state index contributed by atoms with van der Waals surface area (Å²) in [5.74, 6) is -1.87. The second-order valence-electron chi connectivity index (χ2n) is 10.0. The van der Waals surface area contributed by atoms with Crippen LogP contribution in [0, 0.1) is 18.6 Å². The van der Waals surface area contributed by atoms with Crippen molar-refractivity contribution in [3.8, 4) is 17.4 Å². The number of methoxy groups -OCH3 is 1. The van der Waals surface area contributed by atoms with Gasteiger partial charge in [-0.25, -0.2) is 18.7 Å². The maximum absolute atomic E-state index is 15.4. The van der Waals surface area contributed by atoms with E-state index in [2.05, 4.69) is 37.1 Å². The first-order chi connectivity index (χ1) is 19.7. The Morgan fingerprint density at radius 1 is 1.12 bits per heavy atom. The highest BCUT2D eigenvalue weighted by Crippen LogP contribution is 2.37. The summed E-state index contributed by atoms with van der Waals surface area (Å²) in [6.45, 7) is 7.61. The second-order valence-corrected chi connectivity index (χ2v) is 10.0. The van der Waals surface area contributed by atoms with E-state index in [1.807, 2.05) is 25.1 Å². The number of aromatic amines is 1. The Bertz CT molecular complexity index is 1580. The van der Waals surface area contributed by atoms with Crippen molar-refractivity contribution < 1.29 is 23.0 Å². The van der Waals surface area contributed by atoms with E-state index in [1.54, 1.807) is 21.1 Å². The van der Waals surface area contributed by atoms with Crippen molar-refractivity contribution in [3.63, 3.8) is 0 Å². The van der Waals surface area contributed by atoms with Crippen LogP contribution in [0.15, 0.2) is 36.7 Å². The van der Waals surface area contributed by atoms with Gasteiger partial charge in [0.25, 0.3) is 5.91 Å². The van der Waals surface area contributed by atoms with Gasteiger partial charge in [-0.1, -0.05) is 0 Å². The Morgan fingerprint density at radius 3 is 2.59 bits per heavy atom. The standard InChI is InChI=1S/C29H33F2N7O3/c1-6-37(4)29(39)24-27(35-21-8-7-18(14-22(21)40-5)38-11-9-36(3)10-12-38)32-16-33-28(24)41-23-15-20(30)26-19(25(23)31)13-17(2)34-26/h7-8,13-16,34H,6,9-12H2,1-5H3,(H,32,33,35). The predicted octanol–water partition coefficient (Wildman–Crippen LogP) is 4.93. The first-order valence-corrected chi connectivity index (χ1v) is 13.3. The third-order valence-corrected chi connectivity index (χ3v) is 7.26. The maximum atomic E-state index is 15.4. The predicted molar refractivity (Wildman–Crippen MR) is 154 cm³/mol. The molecule has 4 aromatic rings. The number of nitrogens with one attached hydrogen (secondary N) is 2. The molecule has 0 aliphatic carbocycles. The van der Waals surface area contributed by atoms with Gasteiger partial charge in [0.2, 0.25) is 5.88 Å². The molecule has 0 saturated carbocycles. The number of halogens is 2. The van der Waals surface area contributed by atoms with Crippen molar-refractivity contribution in [1.82, 2.24) is 24.8 Å². The summed E-state index contributed by atoms with van der Waals surface area (Å²) in [5.41, 5.74) is 2.17. The average Bonchev–Trinajstić information content (AvgIpc) is 3.38. The molecular formula is C29H33F2N7O3. The molecule has 1 fully saturated rings. The van der Waals surface area contributed by atoms with Crippen LogP contribution in [0.3, 0.4) is 0 Å². The van der Waals surface area contributed by atoms with Crippen molar-refractivity contribution in [1.29, 1.82) is 0 Å². The van der Waals surface area contributed by atoms with Crippen LogP contribution in [0.4, 0.5) is 26.0 Å². The molecule has 2 aromatic heterocycles. The highest BCUT2D eigenvalue weighted by Gasteiger charge is 2.26. The number of H-pyrrole nitrogens is 1. The molecule has 2 aromatic carbocycles. The molecule has 41 heavy (non-hydrogen) atoms. The molecule has 0 radical (unpaired) electrons. The summed E-state index contributed by atoms with van der Waals surface area (Å²) >= 11 is 0. The molecule has 0 spiro atoms. The SMILES string of the molecule is CCN(C)C(=O)c1c(Nc2ccc(N3CCN(C)CC3)cc2OC)ncnc1Oc1cc(F)c2[nH]c(C)cc2c1F. The fourth-order valence-corrected chi connectivity index (χ4v) is 4.75. The van der Waals surface area contributed by atoms with Crippen molar-refractivity contribution in [2.24, 2.45) is 0 Å². The molecule has 0 unspecified atom stereocenters. The Labute approximate surface area is 236 Å². The van der Waals surface area contributed by atoms with Gasteiger partial charge in [0.05, 0.1) is 18.3 Å². The van der Waals surface area contributed by atoms with E-state index < -0.39 is 23.3 Å². The number of nitrogens with zero attached hydrogens (tertiary/aromatic N) is 5. The number of benzene rings is 2. The van der Waals surface area contributed by atoms with Gasteiger partial charge < -0.3 is 34.5 Å². The van der Waals surface area contributed by atoms with E-state index in [4.69, 9.17) is 9.47 Å². The zero-order chi connectivity index (χ0) is 29.3. The molecule has 10 nitrogen and oxygen atoms in total. The van der Waals surface area contributed by atoms with Gasteiger partial charge in [-0.2, -0.15) is 0 Å². The van der Waals surface area contributed by atoms with Crippen molar-refractivity contribution in [2.45, 2.75) is 13.8 Å². The van der Waals surface area contributed by atoms with Crippen LogP contribution in [-0.2, 0) is 0 Å². The Kier molecular flexibility index (Phi) is 7.93. The second kappa shape index (κ2) is 11.6. The molecule has 1 saturated heterocycles. The number of hydrogen-bond donors (Lipinski definition) is 2. The molecule has 1 aliphatic rings. The van der Waals surface area contributed by atoms with Crippen molar-refractivity contribution in [2.75, 3.05) is 64.1 Å². The molecule has 216 valence electrons. The maximum Gasteiger partial charge on any atom is 0.262 e. The summed E-state index contributed by atoms with van der Waals surface area (Å²) < 4.78 is 41.6. The third-order valence-electron chi connectivity index (χ3n) is 7.26. The summed E-state index contributed by atoms with van der Waals surface area (Å²) in [6, 6.07) is 8.17. The number of aryl methyl sites for hydroxylation is 1. The van der Waals surface area contributed by atoms with Gasteiger partial charge >= 0.3 is 0 Å². The first-order valence-electron chi connectivity index (χ1n) is 13.3. The van der Waals surface area contributed by atoms with Crippen molar-refractivity contribution >= 4 is 34.0 Å². The van der Waals surface area contributed by atoms with E-state index in [0.29, 0.717) is 23.7 Å². The topological polar surface area (TPSA) is 98.9 Å². The minimum absolute atomic E-state index is 0.0338. The van der Waals surface area contributed by atoms with Crippen LogP contribution in [0.1, 0.15) is 23.0 Å². The zero-order valence-corrected chi connectivity index (χ0v) is 23.7. The van der Waals surface area contributed by atoms with Crippen LogP contribution in [-0.4, -0.2) is 84.6 Å². The minimum atomic E-state index is -0.776. The number of carbonyl (C=O) groups excluding carboxylic acids is 1. The molecule has 1 amide bonds. The van der Waals surface area contributed by atoms with Gasteiger partial charge in [0.1, 0.15) is 17.6 Å². The summed E-state index contributed by atoms with van der Waals surface area (Å²) in [7, 11) is 5.28. The zero-order valence-electron chi connectivity index (χ0n) is 23.7. The summed E-state index contributed by atoms with van der Waals surface area (Å²) in [4.78, 5) is 30.8. The van der Waals surface area contributed by atoms with Crippen molar-refractivity contribution in [3.05, 3.63) is 59.6 Å². The van der Waals surface area contributed by atoms with Gasteiger partial charge in [0.15, 0.2) is 23.2 Å². The van der Waals surface area contributed by atoms with E-state index in [-0.39, 0.29) is 28.2 Å². The van der Waals surface area contributed by atoms with E-state index >= 15 is 4.39 Å².